The minimum atomic E-state index is -0.111. The average molecular weight is 142 g/mol. The highest BCUT2D eigenvalue weighted by atomic mass is 16.5. The molecule has 0 unspecified atom stereocenters. The fraction of sp³-hybridized carbons (Fsp3) is 0.625. The quantitative estimate of drug-likeness (QED) is 0.442. The van der Waals surface area contributed by atoms with E-state index in [0.717, 1.165) is 6.42 Å². The third-order valence-electron chi connectivity index (χ3n) is 1.06. The molecule has 0 rings (SSSR count). The first-order valence-corrected chi connectivity index (χ1v) is 3.58. The molecule has 10 heavy (non-hydrogen) atoms. The minimum absolute atomic E-state index is 0.111. The molecule has 0 atom stereocenters. The molecule has 0 amide bonds. The molecule has 0 heterocycles. The van der Waals surface area contributed by atoms with Gasteiger partial charge in [-0.15, -0.1) is 0 Å². The van der Waals surface area contributed by atoms with Crippen molar-refractivity contribution in [2.45, 2.75) is 26.7 Å². The predicted octanol–water partition coefficient (Wildman–Crippen LogP) is 1.91. The summed E-state index contributed by atoms with van der Waals surface area (Å²) in [6.07, 6.45) is 5.17. The van der Waals surface area contributed by atoms with E-state index in [1.807, 2.05) is 26.0 Å². The van der Waals surface area contributed by atoms with Crippen LogP contribution in [0.15, 0.2) is 12.2 Å². The first-order chi connectivity index (χ1) is 4.81. The van der Waals surface area contributed by atoms with E-state index in [1.165, 1.54) is 0 Å². The summed E-state index contributed by atoms with van der Waals surface area (Å²) in [5.41, 5.74) is 0. The van der Waals surface area contributed by atoms with Crippen molar-refractivity contribution in [1.29, 1.82) is 0 Å². The number of hydrogen-bond acceptors (Lipinski definition) is 2. The molecule has 0 aliphatic rings. The molecule has 0 N–H and O–H groups in total. The van der Waals surface area contributed by atoms with E-state index in [-0.39, 0.29) is 5.97 Å². The molecule has 0 radical (unpaired) electrons. The number of esters is 1. The van der Waals surface area contributed by atoms with Gasteiger partial charge in [0.1, 0.15) is 0 Å². The zero-order valence-corrected chi connectivity index (χ0v) is 6.59. The molecule has 0 fully saturated rings. The average Bonchev–Trinajstić information content (AvgIpc) is 1.89. The van der Waals surface area contributed by atoms with E-state index in [4.69, 9.17) is 4.74 Å². The van der Waals surface area contributed by atoms with Crippen molar-refractivity contribution < 1.29 is 9.53 Å². The summed E-state index contributed by atoms with van der Waals surface area (Å²) in [6.45, 7) is 4.23. The maximum Gasteiger partial charge on any atom is 0.306 e. The largest absolute Gasteiger partial charge is 0.466 e. The van der Waals surface area contributed by atoms with Crippen LogP contribution >= 0.6 is 0 Å². The van der Waals surface area contributed by atoms with Crippen molar-refractivity contribution in [3.63, 3.8) is 0 Å². The van der Waals surface area contributed by atoms with Gasteiger partial charge in [0.05, 0.1) is 6.61 Å². The highest BCUT2D eigenvalue weighted by molar-refractivity contribution is 5.69. The fourth-order valence-electron chi connectivity index (χ4n) is 0.601. The summed E-state index contributed by atoms with van der Waals surface area (Å²) in [7, 11) is 0. The molecule has 0 aliphatic carbocycles. The highest BCUT2D eigenvalue weighted by Gasteiger charge is 1.96. The van der Waals surface area contributed by atoms with Gasteiger partial charge in [0.2, 0.25) is 0 Å². The first kappa shape index (κ1) is 9.21. The molecule has 0 bridgehead atoms. The van der Waals surface area contributed by atoms with Gasteiger partial charge in [-0.1, -0.05) is 12.2 Å². The molecule has 0 aromatic carbocycles. The minimum Gasteiger partial charge on any atom is -0.466 e. The van der Waals surface area contributed by atoms with Gasteiger partial charge in [-0.2, -0.15) is 0 Å². The van der Waals surface area contributed by atoms with Crippen molar-refractivity contribution in [2.24, 2.45) is 0 Å². The van der Waals surface area contributed by atoms with Gasteiger partial charge in [-0.05, 0) is 20.3 Å². The molecule has 2 heteroatoms. The molecular formula is C8H14O2. The number of rotatable bonds is 4. The zero-order valence-electron chi connectivity index (χ0n) is 6.59. The van der Waals surface area contributed by atoms with Gasteiger partial charge in [0.25, 0.3) is 0 Å². The van der Waals surface area contributed by atoms with E-state index >= 15 is 0 Å². The van der Waals surface area contributed by atoms with Crippen molar-refractivity contribution in [2.75, 3.05) is 6.61 Å². The summed E-state index contributed by atoms with van der Waals surface area (Å²) < 4.78 is 4.72. The normalized spacial score (nSPS) is 10.2. The lowest BCUT2D eigenvalue weighted by atomic mass is 10.3. The fourth-order valence-corrected chi connectivity index (χ4v) is 0.601. The third kappa shape index (κ3) is 5.35. The molecule has 0 spiro atoms. The molecule has 0 aromatic rings. The summed E-state index contributed by atoms with van der Waals surface area (Å²) in [4.78, 5) is 10.7. The second kappa shape index (κ2) is 6.33. The standard InChI is InChI=1S/C8H14O2/c1-3-5-6-7-8(9)10-4-2/h3,5H,4,6-7H2,1-2H3. The van der Waals surface area contributed by atoms with E-state index < -0.39 is 0 Å². The summed E-state index contributed by atoms with van der Waals surface area (Å²) in [5.74, 6) is -0.111. The van der Waals surface area contributed by atoms with Crippen LogP contribution in [0.2, 0.25) is 0 Å². The van der Waals surface area contributed by atoms with Gasteiger partial charge in [-0.25, -0.2) is 0 Å². The van der Waals surface area contributed by atoms with Crippen LogP contribution < -0.4 is 0 Å². The lowest BCUT2D eigenvalue weighted by Crippen LogP contribution is -2.02. The molecule has 0 aliphatic heterocycles. The molecule has 0 aromatic heterocycles. The van der Waals surface area contributed by atoms with Crippen LogP contribution in [-0.4, -0.2) is 12.6 Å². The van der Waals surface area contributed by atoms with Crippen molar-refractivity contribution in [3.8, 4) is 0 Å². The second-order valence-electron chi connectivity index (χ2n) is 1.91. The molecule has 0 saturated carbocycles. The van der Waals surface area contributed by atoms with Crippen LogP contribution in [0, 0.1) is 0 Å². The van der Waals surface area contributed by atoms with Crippen LogP contribution in [0.25, 0.3) is 0 Å². The summed E-state index contributed by atoms with van der Waals surface area (Å²) in [6, 6.07) is 0. The van der Waals surface area contributed by atoms with Crippen molar-refractivity contribution >= 4 is 5.97 Å². The van der Waals surface area contributed by atoms with Gasteiger partial charge < -0.3 is 4.74 Å². The van der Waals surface area contributed by atoms with Gasteiger partial charge in [0.15, 0.2) is 0 Å². The van der Waals surface area contributed by atoms with Crippen LogP contribution in [0.5, 0.6) is 0 Å². The molecule has 2 nitrogen and oxygen atoms in total. The van der Waals surface area contributed by atoms with Gasteiger partial charge >= 0.3 is 5.97 Å². The van der Waals surface area contributed by atoms with E-state index in [9.17, 15) is 4.79 Å². The Balaban J connectivity index is 3.21. The smallest absolute Gasteiger partial charge is 0.306 e. The monoisotopic (exact) mass is 142 g/mol. The zero-order chi connectivity index (χ0) is 7.82. The lowest BCUT2D eigenvalue weighted by molar-refractivity contribution is -0.142. The predicted molar refractivity (Wildman–Crippen MR) is 40.7 cm³/mol. The van der Waals surface area contributed by atoms with Crippen LogP contribution in [0.4, 0.5) is 0 Å². The first-order valence-electron chi connectivity index (χ1n) is 3.58. The number of ether oxygens (including phenoxy) is 1. The number of carbonyl (C=O) groups is 1. The maximum absolute atomic E-state index is 10.7. The molecular weight excluding hydrogens is 128 g/mol. The van der Waals surface area contributed by atoms with E-state index in [0.29, 0.717) is 13.0 Å². The van der Waals surface area contributed by atoms with E-state index in [2.05, 4.69) is 0 Å². The Morgan fingerprint density at radius 2 is 2.30 bits per heavy atom. The summed E-state index contributed by atoms with van der Waals surface area (Å²) >= 11 is 0. The Kier molecular flexibility index (Phi) is 5.83. The van der Waals surface area contributed by atoms with Crippen molar-refractivity contribution in [1.82, 2.24) is 0 Å². The summed E-state index contributed by atoms with van der Waals surface area (Å²) in [5, 5.41) is 0. The Labute approximate surface area is 61.9 Å². The molecule has 0 saturated heterocycles. The van der Waals surface area contributed by atoms with Gasteiger partial charge in [-0.3, -0.25) is 4.79 Å². The molecule has 58 valence electrons. The number of carbonyl (C=O) groups excluding carboxylic acids is 1. The lowest BCUT2D eigenvalue weighted by Gasteiger charge is -1.97. The number of allylic oxidation sites excluding steroid dienone is 2. The van der Waals surface area contributed by atoms with Crippen LogP contribution in [-0.2, 0) is 9.53 Å². The maximum atomic E-state index is 10.7. The van der Waals surface area contributed by atoms with Crippen LogP contribution in [0.1, 0.15) is 26.7 Å². The number of hydrogen-bond donors (Lipinski definition) is 0. The second-order valence-corrected chi connectivity index (χ2v) is 1.91. The SMILES string of the molecule is CC=CCCC(=O)OCC. The topological polar surface area (TPSA) is 26.3 Å². The Bertz CT molecular complexity index is 116. The van der Waals surface area contributed by atoms with Gasteiger partial charge in [0, 0.05) is 6.42 Å². The van der Waals surface area contributed by atoms with E-state index in [1.54, 1.807) is 0 Å². The Morgan fingerprint density at radius 1 is 1.60 bits per heavy atom. The Morgan fingerprint density at radius 3 is 2.80 bits per heavy atom. The highest BCUT2D eigenvalue weighted by Crippen LogP contribution is 1.93. The van der Waals surface area contributed by atoms with Crippen LogP contribution in [0.3, 0.4) is 0 Å². The Hall–Kier alpha value is -0.790. The van der Waals surface area contributed by atoms with Crippen molar-refractivity contribution in [3.05, 3.63) is 12.2 Å². The third-order valence-corrected chi connectivity index (χ3v) is 1.06.